The van der Waals surface area contributed by atoms with Gasteiger partial charge in [-0.3, -0.25) is 9.59 Å². The number of hydrogen-bond acceptors (Lipinski definition) is 4. The molecule has 2 aliphatic rings. The van der Waals surface area contributed by atoms with Crippen molar-refractivity contribution in [3.63, 3.8) is 0 Å². The summed E-state index contributed by atoms with van der Waals surface area (Å²) in [5.41, 5.74) is -1.09. The molecule has 0 spiro atoms. The molecule has 4 nitrogen and oxygen atoms in total. The van der Waals surface area contributed by atoms with Gasteiger partial charge in [0.15, 0.2) is 5.78 Å². The summed E-state index contributed by atoms with van der Waals surface area (Å²) in [6.45, 7) is 6.25. The molecule has 0 N–H and O–H groups in total. The molecule has 0 heterocycles. The molecule has 0 fully saturated rings. The molecule has 0 saturated heterocycles. The Balaban J connectivity index is 2.34. The summed E-state index contributed by atoms with van der Waals surface area (Å²) in [5, 5.41) is 0. The average molecular weight is 306 g/mol. The maximum Gasteiger partial charge on any atom is 0.320 e. The second kappa shape index (κ2) is 7.12. The lowest BCUT2D eigenvalue weighted by atomic mass is 9.61. The summed E-state index contributed by atoms with van der Waals surface area (Å²) < 4.78 is 10.8. The van der Waals surface area contributed by atoms with Gasteiger partial charge in [-0.15, -0.1) is 0 Å². The van der Waals surface area contributed by atoms with Crippen LogP contribution in [-0.4, -0.2) is 25.0 Å². The molecular formula is C18H26O4. The molecule has 0 aromatic carbocycles. The van der Waals surface area contributed by atoms with Crippen LogP contribution in [0.25, 0.3) is 0 Å². The van der Waals surface area contributed by atoms with E-state index in [-0.39, 0.29) is 11.7 Å². The monoisotopic (exact) mass is 306 g/mol. The first-order chi connectivity index (χ1) is 10.5. The van der Waals surface area contributed by atoms with Crippen molar-refractivity contribution in [1.29, 1.82) is 0 Å². The highest BCUT2D eigenvalue weighted by molar-refractivity contribution is 6.10. The van der Waals surface area contributed by atoms with Gasteiger partial charge in [0.25, 0.3) is 0 Å². The van der Waals surface area contributed by atoms with Gasteiger partial charge >= 0.3 is 5.97 Å². The molecule has 0 radical (unpaired) electrons. The Bertz CT molecular complexity index is 491. The number of hydrogen-bond donors (Lipinski definition) is 0. The van der Waals surface area contributed by atoms with Crippen LogP contribution in [-0.2, 0) is 19.1 Å². The minimum atomic E-state index is -1.09. The van der Waals surface area contributed by atoms with Crippen LogP contribution in [0.4, 0.5) is 0 Å². The number of carbonyl (C=O) groups is 2. The fraction of sp³-hybridized carbons (Fsp3) is 0.667. The van der Waals surface area contributed by atoms with Gasteiger partial charge in [-0.2, -0.15) is 0 Å². The first-order valence-corrected chi connectivity index (χ1v) is 8.24. The smallest absolute Gasteiger partial charge is 0.320 e. The minimum Gasteiger partial charge on any atom is -0.498 e. The summed E-state index contributed by atoms with van der Waals surface area (Å²) in [5.74, 6) is 0.378. The molecule has 4 heteroatoms. The average Bonchev–Trinajstić information content (AvgIpc) is 2.52. The summed E-state index contributed by atoms with van der Waals surface area (Å²) in [6.07, 6.45) is 9.37. The SMILES string of the molecule is CCOC(=O)C1(C)C(=O)C=C(OCC)CC1C1CC=CCC1. The first kappa shape index (κ1) is 16.8. The van der Waals surface area contributed by atoms with Crippen molar-refractivity contribution in [1.82, 2.24) is 0 Å². The van der Waals surface area contributed by atoms with Gasteiger partial charge in [-0.05, 0) is 51.9 Å². The Hall–Kier alpha value is -1.58. The summed E-state index contributed by atoms with van der Waals surface area (Å²) >= 11 is 0. The van der Waals surface area contributed by atoms with E-state index >= 15 is 0 Å². The molecule has 2 rings (SSSR count). The lowest BCUT2D eigenvalue weighted by Gasteiger charge is -2.41. The Morgan fingerprint density at radius 3 is 2.68 bits per heavy atom. The fourth-order valence-corrected chi connectivity index (χ4v) is 3.60. The van der Waals surface area contributed by atoms with Gasteiger partial charge in [-0.25, -0.2) is 0 Å². The third-order valence-electron chi connectivity index (χ3n) is 4.87. The number of rotatable bonds is 5. The molecule has 0 bridgehead atoms. The van der Waals surface area contributed by atoms with E-state index in [1.165, 1.54) is 6.08 Å². The van der Waals surface area contributed by atoms with E-state index in [0.717, 1.165) is 19.3 Å². The van der Waals surface area contributed by atoms with E-state index in [4.69, 9.17) is 9.47 Å². The highest BCUT2D eigenvalue weighted by Gasteiger charge is 2.53. The van der Waals surface area contributed by atoms with Crippen molar-refractivity contribution in [3.05, 3.63) is 24.0 Å². The number of esters is 1. The van der Waals surface area contributed by atoms with Crippen molar-refractivity contribution in [2.45, 2.75) is 46.5 Å². The van der Waals surface area contributed by atoms with Crippen LogP contribution in [0.3, 0.4) is 0 Å². The molecule has 0 aromatic heterocycles. The lowest BCUT2D eigenvalue weighted by molar-refractivity contribution is -0.164. The predicted molar refractivity (Wildman–Crippen MR) is 84.0 cm³/mol. The van der Waals surface area contributed by atoms with Crippen molar-refractivity contribution >= 4 is 11.8 Å². The molecule has 2 aliphatic carbocycles. The Morgan fingerprint density at radius 1 is 1.32 bits per heavy atom. The zero-order chi connectivity index (χ0) is 16.2. The summed E-state index contributed by atoms with van der Waals surface area (Å²) in [4.78, 5) is 25.2. The molecule has 0 aromatic rings. The summed E-state index contributed by atoms with van der Waals surface area (Å²) in [6, 6.07) is 0. The standard InChI is InChI=1S/C18H26O4/c1-4-21-14-11-15(13-9-7-6-8-10-13)18(3,16(19)12-14)17(20)22-5-2/h6-7,12-13,15H,4-5,8-11H2,1-3H3. The van der Waals surface area contributed by atoms with E-state index in [0.29, 0.717) is 31.3 Å². The lowest BCUT2D eigenvalue weighted by Crippen LogP contribution is -2.49. The molecule has 3 atom stereocenters. The maximum atomic E-state index is 12.7. The minimum absolute atomic E-state index is 0.0597. The Morgan fingerprint density at radius 2 is 2.09 bits per heavy atom. The van der Waals surface area contributed by atoms with E-state index < -0.39 is 11.4 Å². The Labute approximate surface area is 132 Å². The van der Waals surface area contributed by atoms with Crippen LogP contribution >= 0.6 is 0 Å². The van der Waals surface area contributed by atoms with Gasteiger partial charge in [0.05, 0.1) is 19.0 Å². The van der Waals surface area contributed by atoms with Crippen LogP contribution in [0.2, 0.25) is 0 Å². The number of ether oxygens (including phenoxy) is 2. The number of allylic oxidation sites excluding steroid dienone is 4. The molecule has 3 unspecified atom stereocenters. The van der Waals surface area contributed by atoms with E-state index in [2.05, 4.69) is 12.2 Å². The Kier molecular flexibility index (Phi) is 5.43. The molecule has 0 aliphatic heterocycles. The number of ketones is 1. The van der Waals surface area contributed by atoms with E-state index in [1.54, 1.807) is 13.8 Å². The van der Waals surface area contributed by atoms with Gasteiger partial charge < -0.3 is 9.47 Å². The van der Waals surface area contributed by atoms with Gasteiger partial charge in [0, 0.05) is 12.5 Å². The van der Waals surface area contributed by atoms with Crippen molar-refractivity contribution < 1.29 is 19.1 Å². The van der Waals surface area contributed by atoms with Crippen molar-refractivity contribution in [2.24, 2.45) is 17.3 Å². The molecule has 0 saturated carbocycles. The van der Waals surface area contributed by atoms with E-state index in [9.17, 15) is 9.59 Å². The van der Waals surface area contributed by atoms with Crippen molar-refractivity contribution in [3.8, 4) is 0 Å². The number of carbonyl (C=O) groups excluding carboxylic acids is 2. The topological polar surface area (TPSA) is 52.6 Å². The quantitative estimate of drug-likeness (QED) is 0.444. The predicted octanol–water partition coefficient (Wildman–Crippen LogP) is 3.42. The molecule has 122 valence electrons. The second-order valence-electron chi connectivity index (χ2n) is 6.19. The second-order valence-corrected chi connectivity index (χ2v) is 6.19. The summed E-state index contributed by atoms with van der Waals surface area (Å²) in [7, 11) is 0. The largest absolute Gasteiger partial charge is 0.498 e. The fourth-order valence-electron chi connectivity index (χ4n) is 3.60. The van der Waals surface area contributed by atoms with Crippen LogP contribution < -0.4 is 0 Å². The molecular weight excluding hydrogens is 280 g/mol. The zero-order valence-corrected chi connectivity index (χ0v) is 13.8. The molecule has 22 heavy (non-hydrogen) atoms. The highest BCUT2D eigenvalue weighted by atomic mass is 16.5. The van der Waals surface area contributed by atoms with Gasteiger partial charge in [0.1, 0.15) is 5.41 Å². The van der Waals surface area contributed by atoms with Crippen LogP contribution in [0.5, 0.6) is 0 Å². The van der Waals surface area contributed by atoms with Crippen LogP contribution in [0.15, 0.2) is 24.0 Å². The molecule has 0 amide bonds. The van der Waals surface area contributed by atoms with Gasteiger partial charge in [0.2, 0.25) is 0 Å². The van der Waals surface area contributed by atoms with Crippen LogP contribution in [0.1, 0.15) is 46.5 Å². The third-order valence-corrected chi connectivity index (χ3v) is 4.87. The van der Waals surface area contributed by atoms with Crippen LogP contribution in [0, 0.1) is 17.3 Å². The highest BCUT2D eigenvalue weighted by Crippen LogP contribution is 2.46. The first-order valence-electron chi connectivity index (χ1n) is 8.24. The maximum absolute atomic E-state index is 12.7. The van der Waals surface area contributed by atoms with Crippen molar-refractivity contribution in [2.75, 3.05) is 13.2 Å². The zero-order valence-electron chi connectivity index (χ0n) is 13.8. The normalized spacial score (nSPS) is 31.6. The van der Waals surface area contributed by atoms with Gasteiger partial charge in [-0.1, -0.05) is 12.2 Å². The van der Waals surface area contributed by atoms with E-state index in [1.807, 2.05) is 6.92 Å². The third kappa shape index (κ3) is 3.11.